The lowest BCUT2D eigenvalue weighted by atomic mass is 10.1. The highest BCUT2D eigenvalue weighted by molar-refractivity contribution is 5.93. The first-order chi connectivity index (χ1) is 11.0. The lowest BCUT2D eigenvalue weighted by Gasteiger charge is -2.12. The van der Waals surface area contributed by atoms with Crippen molar-refractivity contribution in [1.82, 2.24) is 10.3 Å². The number of aromatic nitrogens is 1. The molecule has 2 aromatic rings. The van der Waals surface area contributed by atoms with E-state index in [4.69, 9.17) is 5.73 Å². The van der Waals surface area contributed by atoms with Gasteiger partial charge in [0.2, 0.25) is 5.82 Å². The minimum atomic E-state index is -0.753. The van der Waals surface area contributed by atoms with Crippen LogP contribution in [0.2, 0.25) is 0 Å². The van der Waals surface area contributed by atoms with Crippen molar-refractivity contribution in [3.63, 3.8) is 0 Å². The van der Waals surface area contributed by atoms with Gasteiger partial charge in [0.15, 0.2) is 0 Å². The van der Waals surface area contributed by atoms with Crippen LogP contribution in [0.1, 0.15) is 16.1 Å². The molecule has 4 N–H and O–H groups in total. The molecule has 1 unspecified atom stereocenters. The zero-order chi connectivity index (χ0) is 16.8. The van der Waals surface area contributed by atoms with E-state index >= 15 is 0 Å². The van der Waals surface area contributed by atoms with E-state index in [1.165, 1.54) is 6.07 Å². The third kappa shape index (κ3) is 4.48. The molecule has 1 amide bonds. The van der Waals surface area contributed by atoms with Crippen molar-refractivity contribution >= 4 is 17.4 Å². The first-order valence-electron chi connectivity index (χ1n) is 6.88. The van der Waals surface area contributed by atoms with Crippen LogP contribution in [0.3, 0.4) is 0 Å². The Balaban J connectivity index is 1.92. The minimum absolute atomic E-state index is 0.0340. The van der Waals surface area contributed by atoms with Crippen LogP contribution in [0.4, 0.5) is 11.5 Å². The fourth-order valence-electron chi connectivity index (χ4n) is 2.01. The van der Waals surface area contributed by atoms with Crippen LogP contribution in [-0.2, 0) is 6.42 Å². The van der Waals surface area contributed by atoms with Crippen molar-refractivity contribution in [3.8, 4) is 0 Å². The SMILES string of the molecule is Nc1nc(C(=O)NCC(O)Cc2ccccc2)ccc1[N+](=O)[O-]. The first kappa shape index (κ1) is 16.4. The maximum Gasteiger partial charge on any atom is 0.311 e. The molecular formula is C15H16N4O4. The second-order valence-corrected chi connectivity index (χ2v) is 4.91. The zero-order valence-corrected chi connectivity index (χ0v) is 12.2. The summed E-state index contributed by atoms with van der Waals surface area (Å²) in [5, 5.41) is 23.1. The average molecular weight is 316 g/mol. The van der Waals surface area contributed by atoms with Crippen LogP contribution in [0.25, 0.3) is 0 Å². The van der Waals surface area contributed by atoms with E-state index in [-0.39, 0.29) is 23.7 Å². The van der Waals surface area contributed by atoms with Gasteiger partial charge in [-0.2, -0.15) is 0 Å². The third-order valence-corrected chi connectivity index (χ3v) is 3.14. The number of nitro groups is 1. The molecule has 0 spiro atoms. The molecular weight excluding hydrogens is 300 g/mol. The van der Waals surface area contributed by atoms with E-state index < -0.39 is 16.9 Å². The largest absolute Gasteiger partial charge is 0.391 e. The molecule has 1 aromatic heterocycles. The molecule has 0 fully saturated rings. The summed E-state index contributed by atoms with van der Waals surface area (Å²) >= 11 is 0. The van der Waals surface area contributed by atoms with Crippen LogP contribution in [0, 0.1) is 10.1 Å². The van der Waals surface area contributed by atoms with Crippen molar-refractivity contribution in [2.75, 3.05) is 12.3 Å². The van der Waals surface area contributed by atoms with Crippen LogP contribution >= 0.6 is 0 Å². The van der Waals surface area contributed by atoms with Crippen molar-refractivity contribution in [3.05, 3.63) is 63.8 Å². The van der Waals surface area contributed by atoms with E-state index in [2.05, 4.69) is 10.3 Å². The Morgan fingerprint density at radius 3 is 2.61 bits per heavy atom. The first-order valence-corrected chi connectivity index (χ1v) is 6.88. The van der Waals surface area contributed by atoms with Gasteiger partial charge in [-0.1, -0.05) is 30.3 Å². The summed E-state index contributed by atoms with van der Waals surface area (Å²) in [6, 6.07) is 11.7. The number of hydrogen-bond acceptors (Lipinski definition) is 6. The molecule has 8 heteroatoms. The quantitative estimate of drug-likeness (QED) is 0.536. The molecule has 0 saturated heterocycles. The number of rotatable bonds is 6. The lowest BCUT2D eigenvalue weighted by Crippen LogP contribution is -2.33. The standard InChI is InChI=1S/C15H16N4O4/c16-14-13(19(22)23)7-6-12(18-14)15(21)17-9-11(20)8-10-4-2-1-3-5-10/h1-7,11,20H,8-9H2,(H2,16,18)(H,17,21). The summed E-state index contributed by atoms with van der Waals surface area (Å²) in [5.41, 5.74) is 5.99. The predicted molar refractivity (Wildman–Crippen MR) is 83.8 cm³/mol. The molecule has 0 radical (unpaired) electrons. The minimum Gasteiger partial charge on any atom is -0.391 e. The van der Waals surface area contributed by atoms with Gasteiger partial charge in [0, 0.05) is 19.0 Å². The summed E-state index contributed by atoms with van der Waals surface area (Å²) in [6.07, 6.45) is -0.353. The summed E-state index contributed by atoms with van der Waals surface area (Å²) in [7, 11) is 0. The van der Waals surface area contributed by atoms with Gasteiger partial charge in [0.05, 0.1) is 11.0 Å². The molecule has 8 nitrogen and oxygen atoms in total. The fourth-order valence-corrected chi connectivity index (χ4v) is 2.01. The Morgan fingerprint density at radius 1 is 1.30 bits per heavy atom. The Kier molecular flexibility index (Phi) is 5.21. The number of benzene rings is 1. The normalized spacial score (nSPS) is 11.7. The number of carbonyl (C=O) groups excluding carboxylic acids is 1. The van der Waals surface area contributed by atoms with Gasteiger partial charge in [-0.05, 0) is 11.6 Å². The van der Waals surface area contributed by atoms with Crippen LogP contribution in [0.15, 0.2) is 42.5 Å². The van der Waals surface area contributed by atoms with Gasteiger partial charge in [-0.15, -0.1) is 0 Å². The highest BCUT2D eigenvalue weighted by Gasteiger charge is 2.17. The number of nitrogen functional groups attached to an aromatic ring is 1. The summed E-state index contributed by atoms with van der Waals surface area (Å²) in [6.45, 7) is 0.0340. The molecule has 120 valence electrons. The molecule has 1 heterocycles. The Labute approximate surface area is 132 Å². The second-order valence-electron chi connectivity index (χ2n) is 4.91. The molecule has 0 aliphatic rings. The van der Waals surface area contributed by atoms with Crippen molar-refractivity contribution in [1.29, 1.82) is 0 Å². The molecule has 0 aliphatic carbocycles. The topological polar surface area (TPSA) is 131 Å². The number of anilines is 1. The molecule has 0 bridgehead atoms. The van der Waals surface area contributed by atoms with Crippen molar-refractivity contribution in [2.45, 2.75) is 12.5 Å². The highest BCUT2D eigenvalue weighted by Crippen LogP contribution is 2.18. The van der Waals surface area contributed by atoms with Gasteiger partial charge in [-0.3, -0.25) is 14.9 Å². The van der Waals surface area contributed by atoms with Crippen molar-refractivity contribution < 1.29 is 14.8 Å². The maximum absolute atomic E-state index is 11.9. The van der Waals surface area contributed by atoms with E-state index in [0.717, 1.165) is 11.6 Å². The number of aliphatic hydroxyl groups is 1. The Hall–Kier alpha value is -3.00. The van der Waals surface area contributed by atoms with Crippen LogP contribution in [0.5, 0.6) is 0 Å². The van der Waals surface area contributed by atoms with Gasteiger partial charge >= 0.3 is 5.69 Å². The number of nitrogens with one attached hydrogen (secondary N) is 1. The second kappa shape index (κ2) is 7.32. The van der Waals surface area contributed by atoms with Crippen LogP contribution < -0.4 is 11.1 Å². The Bertz CT molecular complexity index is 706. The zero-order valence-electron chi connectivity index (χ0n) is 12.2. The lowest BCUT2D eigenvalue weighted by molar-refractivity contribution is -0.384. The summed E-state index contributed by atoms with van der Waals surface area (Å²) < 4.78 is 0. The van der Waals surface area contributed by atoms with E-state index in [0.29, 0.717) is 6.42 Å². The maximum atomic E-state index is 11.9. The number of amides is 1. The van der Waals surface area contributed by atoms with E-state index in [1.807, 2.05) is 30.3 Å². The van der Waals surface area contributed by atoms with Crippen LogP contribution in [-0.4, -0.2) is 33.6 Å². The van der Waals surface area contributed by atoms with Gasteiger partial charge in [0.1, 0.15) is 5.69 Å². The molecule has 23 heavy (non-hydrogen) atoms. The molecule has 1 atom stereocenters. The average Bonchev–Trinajstić information content (AvgIpc) is 2.53. The van der Waals surface area contributed by atoms with E-state index in [1.54, 1.807) is 0 Å². The number of aliphatic hydroxyl groups excluding tert-OH is 1. The monoisotopic (exact) mass is 316 g/mol. The molecule has 1 aromatic carbocycles. The number of pyridine rings is 1. The van der Waals surface area contributed by atoms with E-state index in [9.17, 15) is 20.0 Å². The summed E-state index contributed by atoms with van der Waals surface area (Å²) in [5.74, 6) is -0.883. The summed E-state index contributed by atoms with van der Waals surface area (Å²) in [4.78, 5) is 25.6. The smallest absolute Gasteiger partial charge is 0.311 e. The fraction of sp³-hybridized carbons (Fsp3) is 0.200. The molecule has 0 saturated carbocycles. The van der Waals surface area contributed by atoms with Crippen molar-refractivity contribution in [2.24, 2.45) is 0 Å². The molecule has 2 rings (SSSR count). The number of nitrogens with zero attached hydrogens (tertiary/aromatic N) is 2. The van der Waals surface area contributed by atoms with Gasteiger partial charge in [0.25, 0.3) is 5.91 Å². The molecule has 0 aliphatic heterocycles. The van der Waals surface area contributed by atoms with Gasteiger partial charge in [-0.25, -0.2) is 4.98 Å². The number of hydrogen-bond donors (Lipinski definition) is 3. The number of nitrogens with two attached hydrogens (primary N) is 1. The third-order valence-electron chi connectivity index (χ3n) is 3.14. The highest BCUT2D eigenvalue weighted by atomic mass is 16.6. The number of carbonyl (C=O) groups is 1. The van der Waals surface area contributed by atoms with Gasteiger partial charge < -0.3 is 16.2 Å². The predicted octanol–water partition coefficient (Wildman–Crippen LogP) is 0.905. The Morgan fingerprint density at radius 2 is 2.00 bits per heavy atom.